The van der Waals surface area contributed by atoms with Gasteiger partial charge in [0.15, 0.2) is 15.4 Å². The minimum Gasteiger partial charge on any atom is -0.478 e. The number of nitrogens with one attached hydrogen (secondary N) is 1. The maximum atomic E-state index is 12.7. The smallest absolute Gasteiger partial charge is 0.263 e. The topological polar surface area (TPSA) is 75.7 Å². The lowest BCUT2D eigenvalue weighted by molar-refractivity contribution is -0.135. The highest BCUT2D eigenvalue weighted by Gasteiger charge is 2.36. The van der Waals surface area contributed by atoms with Crippen molar-refractivity contribution in [1.82, 2.24) is 10.2 Å². The molecular formula is C19H27ClN2O4S. The minimum absolute atomic E-state index is 0.0832. The summed E-state index contributed by atoms with van der Waals surface area (Å²) in [5.74, 6) is 1.01. The minimum atomic E-state index is -2.87. The first-order valence-electron chi connectivity index (χ1n) is 9.35. The first-order valence-corrected chi connectivity index (χ1v) is 11.5. The molecule has 2 heterocycles. The van der Waals surface area contributed by atoms with Gasteiger partial charge in [-0.25, -0.2) is 8.42 Å². The summed E-state index contributed by atoms with van der Waals surface area (Å²) < 4.78 is 29.2. The number of amides is 1. The Morgan fingerprint density at radius 2 is 1.81 bits per heavy atom. The summed E-state index contributed by atoms with van der Waals surface area (Å²) in [6, 6.07) is 7.15. The average molecular weight is 415 g/mol. The maximum Gasteiger partial charge on any atom is 0.263 e. The lowest BCUT2D eigenvalue weighted by atomic mass is 10.0. The molecule has 2 saturated heterocycles. The number of sulfone groups is 1. The van der Waals surface area contributed by atoms with Gasteiger partial charge in [-0.1, -0.05) is 11.6 Å². The van der Waals surface area contributed by atoms with Crippen LogP contribution >= 0.6 is 11.6 Å². The van der Waals surface area contributed by atoms with Gasteiger partial charge in [-0.05, 0) is 57.4 Å². The van der Waals surface area contributed by atoms with Gasteiger partial charge in [-0.2, -0.15) is 0 Å². The maximum absolute atomic E-state index is 12.7. The van der Waals surface area contributed by atoms with E-state index in [0.717, 1.165) is 32.4 Å². The fourth-order valence-electron chi connectivity index (χ4n) is 3.68. The molecule has 2 aliphatic rings. The van der Waals surface area contributed by atoms with E-state index in [4.69, 9.17) is 16.3 Å². The average Bonchev–Trinajstić information content (AvgIpc) is 2.97. The lowest BCUT2D eigenvalue weighted by Gasteiger charge is -2.37. The predicted octanol–water partition coefficient (Wildman–Crippen LogP) is 2.27. The van der Waals surface area contributed by atoms with Crippen LogP contribution in [0.5, 0.6) is 5.75 Å². The Hall–Kier alpha value is -1.31. The van der Waals surface area contributed by atoms with Crippen LogP contribution in [0.3, 0.4) is 0 Å². The van der Waals surface area contributed by atoms with Crippen molar-refractivity contribution in [3.05, 3.63) is 29.3 Å². The number of piperidine rings is 1. The van der Waals surface area contributed by atoms with Gasteiger partial charge in [0.05, 0.1) is 11.5 Å². The second-order valence-corrected chi connectivity index (χ2v) is 10.6. The van der Waals surface area contributed by atoms with Gasteiger partial charge in [0, 0.05) is 30.2 Å². The zero-order chi connectivity index (χ0) is 19.7. The SMILES string of the molecule is CC(C)(Oc1ccc(Cl)cc1)C(=O)NC1CCN(C2CCS(=O)(=O)C2)CC1. The summed E-state index contributed by atoms with van der Waals surface area (Å²) >= 11 is 5.88. The molecule has 150 valence electrons. The molecule has 1 unspecified atom stereocenters. The number of hydrogen-bond acceptors (Lipinski definition) is 5. The standard InChI is InChI=1S/C19H27ClN2O4S/c1-19(2,26-17-5-3-14(20)4-6-17)18(23)21-15-7-10-22(11-8-15)16-9-12-27(24,25)13-16/h3-6,15-16H,7-13H2,1-2H3,(H,21,23). The number of likely N-dealkylation sites (tertiary alicyclic amines) is 1. The van der Waals surface area contributed by atoms with E-state index in [9.17, 15) is 13.2 Å². The number of ether oxygens (including phenoxy) is 1. The Kier molecular flexibility index (Phi) is 6.03. The van der Waals surface area contributed by atoms with Crippen molar-refractivity contribution in [1.29, 1.82) is 0 Å². The number of carbonyl (C=O) groups is 1. The predicted molar refractivity (Wildman–Crippen MR) is 106 cm³/mol. The van der Waals surface area contributed by atoms with Gasteiger partial charge in [0.25, 0.3) is 5.91 Å². The molecular weight excluding hydrogens is 388 g/mol. The third-order valence-corrected chi connectivity index (χ3v) is 7.33. The van der Waals surface area contributed by atoms with Crippen LogP contribution in [0.4, 0.5) is 0 Å². The molecule has 0 bridgehead atoms. The van der Waals surface area contributed by atoms with Crippen molar-refractivity contribution in [2.24, 2.45) is 0 Å². The second kappa shape index (κ2) is 7.97. The van der Waals surface area contributed by atoms with E-state index in [2.05, 4.69) is 10.2 Å². The van der Waals surface area contributed by atoms with Crippen LogP contribution in [0.25, 0.3) is 0 Å². The van der Waals surface area contributed by atoms with E-state index in [1.54, 1.807) is 38.1 Å². The van der Waals surface area contributed by atoms with Crippen LogP contribution < -0.4 is 10.1 Å². The Labute approximate surface area is 166 Å². The quantitative estimate of drug-likeness (QED) is 0.799. The van der Waals surface area contributed by atoms with Crippen molar-refractivity contribution in [2.75, 3.05) is 24.6 Å². The number of hydrogen-bond donors (Lipinski definition) is 1. The number of halogens is 1. The first-order chi connectivity index (χ1) is 12.6. The molecule has 1 atom stereocenters. The zero-order valence-corrected chi connectivity index (χ0v) is 17.4. The van der Waals surface area contributed by atoms with Crippen LogP contribution in [-0.2, 0) is 14.6 Å². The molecule has 1 amide bonds. The normalized spacial score (nSPS) is 23.9. The lowest BCUT2D eigenvalue weighted by Crippen LogP contribution is -2.53. The molecule has 0 saturated carbocycles. The number of carbonyl (C=O) groups excluding carboxylic acids is 1. The van der Waals surface area contributed by atoms with Gasteiger partial charge < -0.3 is 10.1 Å². The van der Waals surface area contributed by atoms with Crippen molar-refractivity contribution in [2.45, 2.75) is 50.8 Å². The Balaban J connectivity index is 1.49. The van der Waals surface area contributed by atoms with Crippen LogP contribution in [0, 0.1) is 0 Å². The highest BCUT2D eigenvalue weighted by molar-refractivity contribution is 7.91. The third kappa shape index (κ3) is 5.36. The van der Waals surface area contributed by atoms with E-state index in [1.807, 2.05) is 0 Å². The van der Waals surface area contributed by atoms with Crippen molar-refractivity contribution in [3.8, 4) is 5.75 Å². The van der Waals surface area contributed by atoms with E-state index in [1.165, 1.54) is 0 Å². The van der Waals surface area contributed by atoms with Crippen molar-refractivity contribution < 1.29 is 17.9 Å². The van der Waals surface area contributed by atoms with Gasteiger partial charge in [0.2, 0.25) is 0 Å². The summed E-state index contributed by atoms with van der Waals surface area (Å²) in [4.78, 5) is 14.9. The molecule has 8 heteroatoms. The van der Waals surface area contributed by atoms with Crippen LogP contribution in [0.2, 0.25) is 5.02 Å². The zero-order valence-electron chi connectivity index (χ0n) is 15.8. The fraction of sp³-hybridized carbons (Fsp3) is 0.632. The van der Waals surface area contributed by atoms with Crippen LogP contribution in [0.1, 0.15) is 33.1 Å². The summed E-state index contributed by atoms with van der Waals surface area (Å²) in [7, 11) is -2.87. The van der Waals surface area contributed by atoms with Gasteiger partial charge in [-0.3, -0.25) is 9.69 Å². The fourth-order valence-corrected chi connectivity index (χ4v) is 5.56. The molecule has 0 aromatic heterocycles. The summed E-state index contributed by atoms with van der Waals surface area (Å²) in [6.07, 6.45) is 2.36. The third-order valence-electron chi connectivity index (χ3n) is 5.32. The van der Waals surface area contributed by atoms with E-state index >= 15 is 0 Å². The molecule has 1 aromatic rings. The van der Waals surface area contributed by atoms with Crippen molar-refractivity contribution in [3.63, 3.8) is 0 Å². The van der Waals surface area contributed by atoms with Crippen LogP contribution in [-0.4, -0.2) is 61.5 Å². The highest BCUT2D eigenvalue weighted by atomic mass is 35.5. The number of rotatable bonds is 5. The largest absolute Gasteiger partial charge is 0.478 e. The van der Waals surface area contributed by atoms with E-state index in [-0.39, 0.29) is 23.7 Å². The molecule has 0 spiro atoms. The van der Waals surface area contributed by atoms with Crippen molar-refractivity contribution >= 4 is 27.3 Å². The molecule has 0 radical (unpaired) electrons. The molecule has 0 aliphatic carbocycles. The number of nitrogens with zero attached hydrogens (tertiary/aromatic N) is 1. The molecule has 6 nitrogen and oxygen atoms in total. The summed E-state index contributed by atoms with van der Waals surface area (Å²) in [5.41, 5.74) is -0.996. The van der Waals surface area contributed by atoms with Gasteiger partial charge in [-0.15, -0.1) is 0 Å². The summed E-state index contributed by atoms with van der Waals surface area (Å²) in [5, 5.41) is 3.70. The highest BCUT2D eigenvalue weighted by Crippen LogP contribution is 2.24. The first kappa shape index (κ1) is 20.4. The molecule has 3 rings (SSSR count). The van der Waals surface area contributed by atoms with Gasteiger partial charge >= 0.3 is 0 Å². The monoisotopic (exact) mass is 414 g/mol. The molecule has 2 aliphatic heterocycles. The molecule has 1 N–H and O–H groups in total. The van der Waals surface area contributed by atoms with Gasteiger partial charge in [0.1, 0.15) is 5.75 Å². The van der Waals surface area contributed by atoms with E-state index in [0.29, 0.717) is 16.5 Å². The van der Waals surface area contributed by atoms with E-state index < -0.39 is 15.4 Å². The second-order valence-electron chi connectivity index (χ2n) is 7.91. The Morgan fingerprint density at radius 1 is 1.19 bits per heavy atom. The number of benzene rings is 1. The Morgan fingerprint density at radius 3 is 2.37 bits per heavy atom. The molecule has 2 fully saturated rings. The molecule has 1 aromatic carbocycles. The summed E-state index contributed by atoms with van der Waals surface area (Å²) in [6.45, 7) is 5.11. The Bertz CT molecular complexity index is 771. The molecule has 27 heavy (non-hydrogen) atoms. The van der Waals surface area contributed by atoms with Crippen LogP contribution in [0.15, 0.2) is 24.3 Å².